The van der Waals surface area contributed by atoms with Crippen molar-refractivity contribution in [3.05, 3.63) is 35.4 Å². The molecule has 22 heavy (non-hydrogen) atoms. The molecule has 0 amide bonds. The molecule has 0 spiro atoms. The van der Waals surface area contributed by atoms with Gasteiger partial charge in [0.1, 0.15) is 0 Å². The van der Waals surface area contributed by atoms with Gasteiger partial charge in [0, 0.05) is 18.1 Å². The molecule has 1 nitrogen and oxygen atoms in total. The van der Waals surface area contributed by atoms with E-state index in [4.69, 9.17) is 0 Å². The number of halogens is 3. The SMILES string of the molecule is CC(C)(C)N1CC(C(F)(F)F)CC1c1ccccc1C1CC1. The standard InChI is InChI=1S/C18H24F3N/c1-17(2,3)22-11-13(18(19,20)21)10-16(22)15-7-5-4-6-14(15)12-8-9-12/h4-7,12-13,16H,8-11H2,1-3H3. The normalized spacial score (nSPS) is 27.4. The monoisotopic (exact) mass is 311 g/mol. The highest BCUT2D eigenvalue weighted by atomic mass is 19.4. The predicted molar refractivity (Wildman–Crippen MR) is 81.8 cm³/mol. The van der Waals surface area contributed by atoms with E-state index in [1.54, 1.807) is 0 Å². The molecule has 0 aromatic heterocycles. The third kappa shape index (κ3) is 3.03. The molecular weight excluding hydrogens is 287 g/mol. The molecule has 0 radical (unpaired) electrons. The number of likely N-dealkylation sites (tertiary alicyclic amines) is 1. The van der Waals surface area contributed by atoms with E-state index in [2.05, 4.69) is 6.07 Å². The minimum absolute atomic E-state index is 0.108. The van der Waals surface area contributed by atoms with Gasteiger partial charge < -0.3 is 0 Å². The molecule has 1 aliphatic heterocycles. The van der Waals surface area contributed by atoms with Gasteiger partial charge in [-0.3, -0.25) is 4.90 Å². The fourth-order valence-corrected chi connectivity index (χ4v) is 3.69. The highest BCUT2D eigenvalue weighted by Crippen LogP contribution is 2.50. The largest absolute Gasteiger partial charge is 0.393 e. The number of nitrogens with zero attached hydrogens (tertiary/aromatic N) is 1. The van der Waals surface area contributed by atoms with Crippen LogP contribution in [0.2, 0.25) is 0 Å². The maximum absolute atomic E-state index is 13.3. The van der Waals surface area contributed by atoms with E-state index in [1.165, 1.54) is 18.4 Å². The van der Waals surface area contributed by atoms with E-state index in [0.717, 1.165) is 5.56 Å². The lowest BCUT2D eigenvalue weighted by Crippen LogP contribution is -2.42. The van der Waals surface area contributed by atoms with Crippen molar-refractivity contribution in [1.29, 1.82) is 0 Å². The average Bonchev–Trinajstić information content (AvgIpc) is 3.13. The lowest BCUT2D eigenvalue weighted by atomic mass is 9.92. The van der Waals surface area contributed by atoms with Gasteiger partial charge in [0.15, 0.2) is 0 Å². The van der Waals surface area contributed by atoms with Crippen molar-refractivity contribution < 1.29 is 13.2 Å². The van der Waals surface area contributed by atoms with Gasteiger partial charge in [-0.1, -0.05) is 24.3 Å². The third-order valence-electron chi connectivity index (χ3n) is 5.00. The van der Waals surface area contributed by atoms with Gasteiger partial charge in [0.05, 0.1) is 5.92 Å². The Bertz CT molecular complexity index is 540. The van der Waals surface area contributed by atoms with Crippen molar-refractivity contribution in [2.24, 2.45) is 5.92 Å². The number of rotatable bonds is 2. The van der Waals surface area contributed by atoms with E-state index in [1.807, 2.05) is 43.9 Å². The molecule has 0 N–H and O–H groups in total. The molecule has 2 atom stereocenters. The summed E-state index contributed by atoms with van der Waals surface area (Å²) in [6.07, 6.45) is -1.58. The summed E-state index contributed by atoms with van der Waals surface area (Å²) in [5, 5.41) is 0. The molecular formula is C18H24F3N. The maximum Gasteiger partial charge on any atom is 0.393 e. The molecule has 2 aliphatic rings. The van der Waals surface area contributed by atoms with Crippen LogP contribution in [0.25, 0.3) is 0 Å². The molecule has 1 heterocycles. The molecule has 2 unspecified atom stereocenters. The third-order valence-corrected chi connectivity index (χ3v) is 5.00. The van der Waals surface area contributed by atoms with E-state index >= 15 is 0 Å². The Morgan fingerprint density at radius 3 is 2.09 bits per heavy atom. The van der Waals surface area contributed by atoms with Crippen LogP contribution in [-0.2, 0) is 0 Å². The van der Waals surface area contributed by atoms with Crippen LogP contribution in [0.1, 0.15) is 63.1 Å². The molecule has 1 aromatic carbocycles. The van der Waals surface area contributed by atoms with Gasteiger partial charge in [0.2, 0.25) is 0 Å². The summed E-state index contributed by atoms with van der Waals surface area (Å²) in [5.41, 5.74) is 2.12. The summed E-state index contributed by atoms with van der Waals surface area (Å²) in [6.45, 7) is 6.14. The molecule has 122 valence electrons. The second-order valence-corrected chi connectivity index (χ2v) is 7.72. The molecule has 3 rings (SSSR count). The highest BCUT2D eigenvalue weighted by Gasteiger charge is 2.50. The Hall–Kier alpha value is -1.03. The Kier molecular flexibility index (Phi) is 3.79. The van der Waals surface area contributed by atoms with Crippen molar-refractivity contribution in [3.8, 4) is 0 Å². The van der Waals surface area contributed by atoms with Gasteiger partial charge in [-0.2, -0.15) is 13.2 Å². The lowest BCUT2D eigenvalue weighted by molar-refractivity contribution is -0.171. The van der Waals surface area contributed by atoms with Crippen LogP contribution in [0.4, 0.5) is 13.2 Å². The van der Waals surface area contributed by atoms with Gasteiger partial charge in [0.25, 0.3) is 0 Å². The average molecular weight is 311 g/mol. The van der Waals surface area contributed by atoms with Crippen molar-refractivity contribution >= 4 is 0 Å². The number of benzene rings is 1. The molecule has 1 aromatic rings. The Balaban J connectivity index is 1.96. The Morgan fingerprint density at radius 2 is 1.59 bits per heavy atom. The summed E-state index contributed by atoms with van der Waals surface area (Å²) in [4.78, 5) is 2.05. The molecule has 1 aliphatic carbocycles. The van der Waals surface area contributed by atoms with E-state index in [9.17, 15) is 13.2 Å². The van der Waals surface area contributed by atoms with Crippen LogP contribution in [0.5, 0.6) is 0 Å². The number of alkyl halides is 3. The van der Waals surface area contributed by atoms with Crippen LogP contribution in [0.3, 0.4) is 0 Å². The van der Waals surface area contributed by atoms with Gasteiger partial charge in [-0.25, -0.2) is 0 Å². The highest BCUT2D eigenvalue weighted by molar-refractivity contribution is 5.36. The zero-order valence-electron chi connectivity index (χ0n) is 13.5. The maximum atomic E-state index is 13.3. The molecule has 2 fully saturated rings. The molecule has 4 heteroatoms. The van der Waals surface area contributed by atoms with Crippen molar-refractivity contribution in [2.45, 2.75) is 63.7 Å². The first-order valence-corrected chi connectivity index (χ1v) is 8.10. The second kappa shape index (κ2) is 5.26. The van der Waals surface area contributed by atoms with Gasteiger partial charge >= 0.3 is 6.18 Å². The Morgan fingerprint density at radius 1 is 1.00 bits per heavy atom. The van der Waals surface area contributed by atoms with Crippen molar-refractivity contribution in [3.63, 3.8) is 0 Å². The van der Waals surface area contributed by atoms with Crippen LogP contribution in [0.15, 0.2) is 24.3 Å². The first-order valence-electron chi connectivity index (χ1n) is 8.10. The zero-order valence-corrected chi connectivity index (χ0v) is 13.5. The predicted octanol–water partition coefficient (Wildman–Crippen LogP) is 5.29. The van der Waals surface area contributed by atoms with Crippen molar-refractivity contribution in [2.75, 3.05) is 6.54 Å². The van der Waals surface area contributed by atoms with Gasteiger partial charge in [-0.15, -0.1) is 0 Å². The summed E-state index contributed by atoms with van der Waals surface area (Å²) in [7, 11) is 0. The van der Waals surface area contributed by atoms with Crippen LogP contribution < -0.4 is 0 Å². The smallest absolute Gasteiger partial charge is 0.291 e. The topological polar surface area (TPSA) is 3.24 Å². The summed E-state index contributed by atoms with van der Waals surface area (Å²) < 4.78 is 39.8. The number of hydrogen-bond donors (Lipinski definition) is 0. The van der Waals surface area contributed by atoms with E-state index < -0.39 is 12.1 Å². The van der Waals surface area contributed by atoms with Gasteiger partial charge in [-0.05, 0) is 57.1 Å². The minimum Gasteiger partial charge on any atom is -0.291 e. The fraction of sp³-hybridized carbons (Fsp3) is 0.667. The van der Waals surface area contributed by atoms with Crippen LogP contribution >= 0.6 is 0 Å². The van der Waals surface area contributed by atoms with Crippen LogP contribution in [0, 0.1) is 5.92 Å². The summed E-state index contributed by atoms with van der Waals surface area (Å²) in [6, 6.07) is 7.99. The van der Waals surface area contributed by atoms with E-state index in [0.29, 0.717) is 5.92 Å². The number of hydrogen-bond acceptors (Lipinski definition) is 1. The van der Waals surface area contributed by atoms with Crippen molar-refractivity contribution in [1.82, 2.24) is 4.90 Å². The first-order chi connectivity index (χ1) is 10.2. The summed E-state index contributed by atoms with van der Waals surface area (Å²) in [5.74, 6) is -0.660. The minimum atomic E-state index is -4.10. The fourth-order valence-electron chi connectivity index (χ4n) is 3.69. The Labute approximate surface area is 130 Å². The second-order valence-electron chi connectivity index (χ2n) is 7.72. The first kappa shape index (κ1) is 15.9. The molecule has 1 saturated heterocycles. The van der Waals surface area contributed by atoms with E-state index in [-0.39, 0.29) is 24.5 Å². The molecule has 0 bridgehead atoms. The molecule has 1 saturated carbocycles. The van der Waals surface area contributed by atoms with Crippen LogP contribution in [-0.4, -0.2) is 23.2 Å². The lowest BCUT2D eigenvalue weighted by Gasteiger charge is -2.38. The quantitative estimate of drug-likeness (QED) is 0.717. The zero-order chi connectivity index (χ0) is 16.1. The summed E-state index contributed by atoms with van der Waals surface area (Å²) >= 11 is 0.